The standard InChI is InChI=1S/C10H12N2O2S/c1-8(12-15(2,13)14)10-5-3-9(7-11)4-6-10/h3-6,8,12H,1-2H3/t8-/m0/s1. The van der Waals surface area contributed by atoms with E-state index in [-0.39, 0.29) is 6.04 Å². The van der Waals surface area contributed by atoms with Crippen LogP contribution in [0.1, 0.15) is 24.1 Å². The van der Waals surface area contributed by atoms with Crippen molar-refractivity contribution >= 4 is 10.0 Å². The number of benzene rings is 1. The minimum Gasteiger partial charge on any atom is -0.213 e. The molecule has 5 heteroatoms. The lowest BCUT2D eigenvalue weighted by Gasteiger charge is -2.12. The molecule has 0 aliphatic heterocycles. The smallest absolute Gasteiger partial charge is 0.209 e. The Morgan fingerprint density at radius 2 is 1.87 bits per heavy atom. The number of nitrogens with one attached hydrogen (secondary N) is 1. The van der Waals surface area contributed by atoms with Crippen LogP contribution in [0.5, 0.6) is 0 Å². The van der Waals surface area contributed by atoms with E-state index in [9.17, 15) is 8.42 Å². The van der Waals surface area contributed by atoms with Crippen molar-refractivity contribution in [1.29, 1.82) is 5.26 Å². The second-order valence-electron chi connectivity index (χ2n) is 3.35. The maximum atomic E-state index is 11.0. The molecule has 0 fully saturated rings. The number of hydrogen-bond donors (Lipinski definition) is 1. The molecule has 1 N–H and O–H groups in total. The van der Waals surface area contributed by atoms with Gasteiger partial charge >= 0.3 is 0 Å². The Hall–Kier alpha value is -1.38. The molecule has 0 saturated heterocycles. The molecular formula is C10H12N2O2S. The molecule has 80 valence electrons. The third-order valence-electron chi connectivity index (χ3n) is 1.93. The van der Waals surface area contributed by atoms with Gasteiger partial charge in [-0.1, -0.05) is 12.1 Å². The molecule has 0 aliphatic carbocycles. The van der Waals surface area contributed by atoms with Gasteiger partial charge in [-0.25, -0.2) is 13.1 Å². The zero-order valence-electron chi connectivity index (χ0n) is 8.56. The van der Waals surface area contributed by atoms with E-state index in [4.69, 9.17) is 5.26 Å². The van der Waals surface area contributed by atoms with Gasteiger partial charge in [-0.2, -0.15) is 5.26 Å². The van der Waals surface area contributed by atoms with Crippen LogP contribution in [-0.2, 0) is 10.0 Å². The first-order chi connectivity index (χ1) is 6.92. The first kappa shape index (κ1) is 11.7. The van der Waals surface area contributed by atoms with Crippen molar-refractivity contribution < 1.29 is 8.42 Å². The van der Waals surface area contributed by atoms with E-state index < -0.39 is 10.0 Å². The summed E-state index contributed by atoms with van der Waals surface area (Å²) >= 11 is 0. The van der Waals surface area contributed by atoms with Gasteiger partial charge in [0, 0.05) is 6.04 Å². The normalized spacial score (nSPS) is 13.1. The van der Waals surface area contributed by atoms with Crippen molar-refractivity contribution in [3.05, 3.63) is 35.4 Å². The first-order valence-corrected chi connectivity index (χ1v) is 6.29. The van der Waals surface area contributed by atoms with Crippen molar-refractivity contribution in [1.82, 2.24) is 4.72 Å². The lowest BCUT2D eigenvalue weighted by Crippen LogP contribution is -2.25. The van der Waals surface area contributed by atoms with E-state index in [1.54, 1.807) is 31.2 Å². The zero-order valence-corrected chi connectivity index (χ0v) is 9.38. The molecule has 0 amide bonds. The number of nitrogens with zero attached hydrogens (tertiary/aromatic N) is 1. The highest BCUT2D eigenvalue weighted by atomic mass is 32.2. The van der Waals surface area contributed by atoms with Gasteiger partial charge in [0.05, 0.1) is 17.9 Å². The summed E-state index contributed by atoms with van der Waals surface area (Å²) in [5.41, 5.74) is 1.39. The van der Waals surface area contributed by atoms with Crippen LogP contribution in [0.2, 0.25) is 0 Å². The average molecular weight is 224 g/mol. The van der Waals surface area contributed by atoms with Gasteiger partial charge in [-0.05, 0) is 24.6 Å². The van der Waals surface area contributed by atoms with Crippen molar-refractivity contribution in [2.24, 2.45) is 0 Å². The van der Waals surface area contributed by atoms with Gasteiger partial charge in [0.1, 0.15) is 0 Å². The van der Waals surface area contributed by atoms with E-state index in [0.717, 1.165) is 11.8 Å². The second-order valence-corrected chi connectivity index (χ2v) is 5.13. The third-order valence-corrected chi connectivity index (χ3v) is 2.71. The molecule has 1 rings (SSSR count). The molecule has 0 unspecified atom stereocenters. The summed E-state index contributed by atoms with van der Waals surface area (Å²) in [5.74, 6) is 0. The lowest BCUT2D eigenvalue weighted by molar-refractivity contribution is 0.573. The maximum Gasteiger partial charge on any atom is 0.209 e. The monoisotopic (exact) mass is 224 g/mol. The SMILES string of the molecule is C[C@H](NS(C)(=O)=O)c1ccc(C#N)cc1. The molecule has 15 heavy (non-hydrogen) atoms. The Kier molecular flexibility index (Phi) is 3.45. The summed E-state index contributed by atoms with van der Waals surface area (Å²) in [7, 11) is -3.20. The Morgan fingerprint density at radius 3 is 2.27 bits per heavy atom. The Morgan fingerprint density at radius 1 is 1.33 bits per heavy atom. The van der Waals surface area contributed by atoms with Gasteiger partial charge in [0.15, 0.2) is 0 Å². The van der Waals surface area contributed by atoms with E-state index in [1.165, 1.54) is 0 Å². The van der Waals surface area contributed by atoms with Gasteiger partial charge in [-0.3, -0.25) is 0 Å². The number of hydrogen-bond acceptors (Lipinski definition) is 3. The maximum absolute atomic E-state index is 11.0. The molecule has 0 saturated carbocycles. The predicted molar refractivity (Wildman–Crippen MR) is 57.6 cm³/mol. The van der Waals surface area contributed by atoms with E-state index in [2.05, 4.69) is 4.72 Å². The molecule has 0 radical (unpaired) electrons. The largest absolute Gasteiger partial charge is 0.213 e. The third kappa shape index (κ3) is 3.70. The van der Waals surface area contributed by atoms with Crippen LogP contribution >= 0.6 is 0 Å². The molecule has 4 nitrogen and oxygen atoms in total. The van der Waals surface area contributed by atoms with Gasteiger partial charge in [-0.15, -0.1) is 0 Å². The highest BCUT2D eigenvalue weighted by Crippen LogP contribution is 2.13. The Bertz CT molecular complexity index is 471. The summed E-state index contributed by atoms with van der Waals surface area (Å²) in [5, 5.41) is 8.59. The van der Waals surface area contributed by atoms with Gasteiger partial charge in [0.2, 0.25) is 10.0 Å². The van der Waals surface area contributed by atoms with Gasteiger partial charge < -0.3 is 0 Å². The highest BCUT2D eigenvalue weighted by Gasteiger charge is 2.10. The Labute approximate surface area is 89.6 Å². The van der Waals surface area contributed by atoms with Crippen LogP contribution < -0.4 is 4.72 Å². The summed E-state index contributed by atoms with van der Waals surface area (Å²) in [6.07, 6.45) is 1.12. The average Bonchev–Trinajstić information content (AvgIpc) is 2.15. The Balaban J connectivity index is 2.84. The topological polar surface area (TPSA) is 70.0 Å². The van der Waals surface area contributed by atoms with Crippen LogP contribution in [0.3, 0.4) is 0 Å². The van der Waals surface area contributed by atoms with Crippen LogP contribution in [-0.4, -0.2) is 14.7 Å². The molecule has 1 aromatic carbocycles. The molecular weight excluding hydrogens is 212 g/mol. The fourth-order valence-electron chi connectivity index (χ4n) is 1.24. The highest BCUT2D eigenvalue weighted by molar-refractivity contribution is 7.88. The van der Waals surface area contributed by atoms with Crippen molar-refractivity contribution in [2.75, 3.05) is 6.26 Å². The molecule has 1 aromatic rings. The van der Waals surface area contributed by atoms with E-state index in [1.807, 2.05) is 6.07 Å². The minimum absolute atomic E-state index is 0.284. The summed E-state index contributed by atoms with van der Waals surface area (Å²) < 4.78 is 24.4. The summed E-state index contributed by atoms with van der Waals surface area (Å²) in [6, 6.07) is 8.52. The van der Waals surface area contributed by atoms with Gasteiger partial charge in [0.25, 0.3) is 0 Å². The van der Waals surface area contributed by atoms with Crippen LogP contribution in [0, 0.1) is 11.3 Å². The number of sulfonamides is 1. The fraction of sp³-hybridized carbons (Fsp3) is 0.300. The molecule has 0 aliphatic rings. The van der Waals surface area contributed by atoms with Crippen molar-refractivity contribution in [3.8, 4) is 6.07 Å². The van der Waals surface area contributed by atoms with E-state index in [0.29, 0.717) is 5.56 Å². The minimum atomic E-state index is -3.20. The summed E-state index contributed by atoms with van der Waals surface area (Å²) in [6.45, 7) is 1.75. The molecule has 0 heterocycles. The fourth-order valence-corrected chi connectivity index (χ4v) is 2.01. The molecule has 0 bridgehead atoms. The predicted octanol–water partition coefficient (Wildman–Crippen LogP) is 1.17. The van der Waals surface area contributed by atoms with Crippen LogP contribution in [0.4, 0.5) is 0 Å². The number of rotatable bonds is 3. The van der Waals surface area contributed by atoms with Crippen LogP contribution in [0.15, 0.2) is 24.3 Å². The summed E-state index contributed by atoms with van der Waals surface area (Å²) in [4.78, 5) is 0. The van der Waals surface area contributed by atoms with Crippen molar-refractivity contribution in [3.63, 3.8) is 0 Å². The van der Waals surface area contributed by atoms with Crippen molar-refractivity contribution in [2.45, 2.75) is 13.0 Å². The molecule has 0 spiro atoms. The first-order valence-electron chi connectivity index (χ1n) is 4.40. The number of nitriles is 1. The zero-order chi connectivity index (χ0) is 11.5. The van der Waals surface area contributed by atoms with Crippen LogP contribution in [0.25, 0.3) is 0 Å². The van der Waals surface area contributed by atoms with E-state index >= 15 is 0 Å². The second kappa shape index (κ2) is 4.43. The molecule has 0 aromatic heterocycles. The lowest BCUT2D eigenvalue weighted by atomic mass is 10.1. The molecule has 1 atom stereocenters. The quantitative estimate of drug-likeness (QED) is 0.837.